The number of nitrogens with zero attached hydrogens (tertiary/aromatic N) is 1. The molecule has 1 amide bonds. The van der Waals surface area contributed by atoms with Crippen molar-refractivity contribution in [1.82, 2.24) is 4.90 Å². The molecular formula is C14H18N2OS. The van der Waals surface area contributed by atoms with Crippen LogP contribution in [-0.2, 0) is 6.42 Å². The van der Waals surface area contributed by atoms with Gasteiger partial charge in [-0.2, -0.15) is 11.8 Å². The predicted molar refractivity (Wildman–Crippen MR) is 76.5 cm³/mol. The maximum atomic E-state index is 12.4. The van der Waals surface area contributed by atoms with E-state index in [0.717, 1.165) is 43.8 Å². The predicted octanol–water partition coefficient (Wildman–Crippen LogP) is 2.23. The molecule has 0 atom stereocenters. The molecule has 2 heterocycles. The van der Waals surface area contributed by atoms with Gasteiger partial charge in [0.15, 0.2) is 0 Å². The quantitative estimate of drug-likeness (QED) is 0.842. The number of thioether (sulfide) groups is 1. The number of hydrogen-bond acceptors (Lipinski definition) is 3. The Bertz CT molecular complexity index is 453. The fourth-order valence-corrected chi connectivity index (χ4v) is 3.46. The number of rotatable bonds is 1. The lowest BCUT2D eigenvalue weighted by Gasteiger charge is -2.20. The van der Waals surface area contributed by atoms with Crippen LogP contribution in [0.2, 0.25) is 0 Å². The molecule has 96 valence electrons. The summed E-state index contributed by atoms with van der Waals surface area (Å²) in [6.07, 6.45) is 2.15. The summed E-state index contributed by atoms with van der Waals surface area (Å²) in [5, 5.41) is 3.33. The first kappa shape index (κ1) is 11.9. The standard InChI is InChI=1S/C14H18N2OS/c17-14(16-6-1-8-18-9-7-16)12-2-3-13-11(10-12)4-5-15-13/h2-3,10,15H,1,4-9H2. The van der Waals surface area contributed by atoms with E-state index in [2.05, 4.69) is 11.4 Å². The second-order valence-electron chi connectivity index (χ2n) is 4.81. The molecule has 0 bridgehead atoms. The van der Waals surface area contributed by atoms with Crippen molar-refractivity contribution in [3.63, 3.8) is 0 Å². The third-order valence-corrected chi connectivity index (χ3v) is 4.62. The molecule has 1 saturated heterocycles. The summed E-state index contributed by atoms with van der Waals surface area (Å²) in [7, 11) is 0. The monoisotopic (exact) mass is 262 g/mol. The first-order chi connectivity index (χ1) is 8.84. The highest BCUT2D eigenvalue weighted by Crippen LogP contribution is 2.24. The molecule has 1 aromatic rings. The Morgan fingerprint density at radius 2 is 2.22 bits per heavy atom. The fourth-order valence-electron chi connectivity index (χ4n) is 2.57. The third kappa shape index (κ3) is 2.34. The lowest BCUT2D eigenvalue weighted by atomic mass is 10.1. The highest BCUT2D eigenvalue weighted by atomic mass is 32.2. The molecular weight excluding hydrogens is 244 g/mol. The highest BCUT2D eigenvalue weighted by molar-refractivity contribution is 7.99. The maximum absolute atomic E-state index is 12.4. The summed E-state index contributed by atoms with van der Waals surface area (Å²) in [4.78, 5) is 14.5. The minimum atomic E-state index is 0.201. The minimum absolute atomic E-state index is 0.201. The van der Waals surface area contributed by atoms with Crippen molar-refractivity contribution < 1.29 is 4.79 Å². The van der Waals surface area contributed by atoms with Crippen LogP contribution in [0, 0.1) is 0 Å². The van der Waals surface area contributed by atoms with Crippen molar-refractivity contribution in [2.45, 2.75) is 12.8 Å². The Morgan fingerprint density at radius 1 is 1.28 bits per heavy atom. The average Bonchev–Trinajstić information content (AvgIpc) is 2.69. The van der Waals surface area contributed by atoms with Crippen LogP contribution >= 0.6 is 11.8 Å². The molecule has 1 fully saturated rings. The number of carbonyl (C=O) groups is 1. The maximum Gasteiger partial charge on any atom is 0.253 e. The molecule has 4 heteroatoms. The molecule has 0 spiro atoms. The van der Waals surface area contributed by atoms with Crippen LogP contribution in [-0.4, -0.2) is 41.9 Å². The lowest BCUT2D eigenvalue weighted by Crippen LogP contribution is -2.32. The van der Waals surface area contributed by atoms with Crippen LogP contribution < -0.4 is 5.32 Å². The molecule has 1 aromatic carbocycles. The SMILES string of the molecule is O=C(c1ccc2c(c1)CCN2)N1CCCSCC1. The van der Waals surface area contributed by atoms with Crippen molar-refractivity contribution >= 4 is 23.4 Å². The van der Waals surface area contributed by atoms with E-state index < -0.39 is 0 Å². The largest absolute Gasteiger partial charge is 0.384 e. The van der Waals surface area contributed by atoms with Crippen LogP contribution in [0.15, 0.2) is 18.2 Å². The Hall–Kier alpha value is -1.16. The van der Waals surface area contributed by atoms with Gasteiger partial charge < -0.3 is 10.2 Å². The van der Waals surface area contributed by atoms with Crippen LogP contribution in [0.4, 0.5) is 5.69 Å². The average molecular weight is 262 g/mol. The van der Waals surface area contributed by atoms with Gasteiger partial charge in [-0.3, -0.25) is 4.79 Å². The smallest absolute Gasteiger partial charge is 0.253 e. The molecule has 0 radical (unpaired) electrons. The van der Waals surface area contributed by atoms with Gasteiger partial charge in [0.1, 0.15) is 0 Å². The Kier molecular flexibility index (Phi) is 3.46. The molecule has 3 rings (SSSR count). The molecule has 0 saturated carbocycles. The van der Waals surface area contributed by atoms with Crippen molar-refractivity contribution in [3.8, 4) is 0 Å². The Balaban J connectivity index is 1.79. The van der Waals surface area contributed by atoms with E-state index in [-0.39, 0.29) is 5.91 Å². The molecule has 0 unspecified atom stereocenters. The van der Waals surface area contributed by atoms with Crippen LogP contribution in [0.3, 0.4) is 0 Å². The zero-order chi connectivity index (χ0) is 12.4. The lowest BCUT2D eigenvalue weighted by molar-refractivity contribution is 0.0768. The number of fused-ring (bicyclic) bond motifs is 1. The molecule has 18 heavy (non-hydrogen) atoms. The first-order valence-electron chi connectivity index (χ1n) is 6.58. The fraction of sp³-hybridized carbons (Fsp3) is 0.500. The van der Waals surface area contributed by atoms with E-state index in [1.54, 1.807) is 0 Å². The van der Waals surface area contributed by atoms with Crippen LogP contribution in [0.25, 0.3) is 0 Å². The van der Waals surface area contributed by atoms with E-state index in [0.29, 0.717) is 0 Å². The van der Waals surface area contributed by atoms with E-state index in [9.17, 15) is 4.79 Å². The first-order valence-corrected chi connectivity index (χ1v) is 7.74. The molecule has 2 aliphatic rings. The van der Waals surface area contributed by atoms with Crippen LogP contribution in [0.5, 0.6) is 0 Å². The topological polar surface area (TPSA) is 32.3 Å². The normalized spacial score (nSPS) is 19.0. The number of amides is 1. The van der Waals surface area contributed by atoms with Gasteiger partial charge in [0.2, 0.25) is 0 Å². The van der Waals surface area contributed by atoms with Gasteiger partial charge in [-0.1, -0.05) is 0 Å². The van der Waals surface area contributed by atoms with Gasteiger partial charge in [0, 0.05) is 36.6 Å². The number of carbonyl (C=O) groups excluding carboxylic acids is 1. The Labute approximate surface area is 112 Å². The van der Waals surface area contributed by atoms with Crippen molar-refractivity contribution in [2.24, 2.45) is 0 Å². The van der Waals surface area contributed by atoms with E-state index in [1.807, 2.05) is 28.8 Å². The summed E-state index contributed by atoms with van der Waals surface area (Å²) < 4.78 is 0. The van der Waals surface area contributed by atoms with Gasteiger partial charge in [-0.05, 0) is 42.4 Å². The van der Waals surface area contributed by atoms with Gasteiger partial charge in [-0.15, -0.1) is 0 Å². The summed E-state index contributed by atoms with van der Waals surface area (Å²) in [6, 6.07) is 6.06. The molecule has 3 nitrogen and oxygen atoms in total. The van der Waals surface area contributed by atoms with Gasteiger partial charge in [0.05, 0.1) is 0 Å². The van der Waals surface area contributed by atoms with Gasteiger partial charge in [0.25, 0.3) is 5.91 Å². The van der Waals surface area contributed by atoms with Gasteiger partial charge >= 0.3 is 0 Å². The second-order valence-corrected chi connectivity index (χ2v) is 6.03. The third-order valence-electron chi connectivity index (χ3n) is 3.57. The number of anilines is 1. The highest BCUT2D eigenvalue weighted by Gasteiger charge is 2.19. The zero-order valence-corrected chi connectivity index (χ0v) is 11.3. The summed E-state index contributed by atoms with van der Waals surface area (Å²) in [5.41, 5.74) is 3.33. The second kappa shape index (κ2) is 5.22. The number of nitrogens with one attached hydrogen (secondary N) is 1. The molecule has 1 N–H and O–H groups in total. The van der Waals surface area contributed by atoms with E-state index >= 15 is 0 Å². The van der Waals surface area contributed by atoms with Crippen molar-refractivity contribution in [1.29, 1.82) is 0 Å². The van der Waals surface area contributed by atoms with Crippen molar-refractivity contribution in [2.75, 3.05) is 36.5 Å². The van der Waals surface area contributed by atoms with Crippen LogP contribution in [0.1, 0.15) is 22.3 Å². The molecule has 0 aliphatic carbocycles. The number of benzene rings is 1. The molecule has 0 aromatic heterocycles. The van der Waals surface area contributed by atoms with Gasteiger partial charge in [-0.25, -0.2) is 0 Å². The summed E-state index contributed by atoms with van der Waals surface area (Å²) in [5.74, 6) is 2.45. The zero-order valence-electron chi connectivity index (χ0n) is 10.4. The van der Waals surface area contributed by atoms with E-state index in [4.69, 9.17) is 0 Å². The van der Waals surface area contributed by atoms with E-state index in [1.165, 1.54) is 17.0 Å². The minimum Gasteiger partial charge on any atom is -0.384 e. The molecule has 2 aliphatic heterocycles. The Morgan fingerprint density at radius 3 is 3.17 bits per heavy atom. The van der Waals surface area contributed by atoms with Crippen molar-refractivity contribution in [3.05, 3.63) is 29.3 Å². The summed E-state index contributed by atoms with van der Waals surface area (Å²) in [6.45, 7) is 2.79. The summed E-state index contributed by atoms with van der Waals surface area (Å²) >= 11 is 1.95. The number of hydrogen-bond donors (Lipinski definition) is 1.